The number of nitrogen functional groups attached to an aromatic ring is 1. The highest BCUT2D eigenvalue weighted by molar-refractivity contribution is 6.35. The molecule has 7 heteroatoms. The van der Waals surface area contributed by atoms with Crippen molar-refractivity contribution in [3.8, 4) is 11.6 Å². The first kappa shape index (κ1) is 13.2. The third kappa shape index (κ3) is 2.63. The average Bonchev–Trinajstić information content (AvgIpc) is 2.37. The molecule has 1 aromatic carbocycles. The standard InChI is InChI=1S/C12H8ClF2N3O/c13-9-6(11(16)17)4-5-18-12(9)19-8-3-1-2-7(14)10(8)15/h1-5H,(H3,16,17). The first-order valence-corrected chi connectivity index (χ1v) is 5.49. The summed E-state index contributed by atoms with van der Waals surface area (Å²) in [5, 5.41) is 7.26. The molecule has 0 unspecified atom stereocenters. The Balaban J connectivity index is 2.42. The Kier molecular flexibility index (Phi) is 3.62. The lowest BCUT2D eigenvalue weighted by molar-refractivity contribution is 0.405. The second-order valence-corrected chi connectivity index (χ2v) is 3.92. The summed E-state index contributed by atoms with van der Waals surface area (Å²) in [6.45, 7) is 0. The number of hydrogen-bond donors (Lipinski definition) is 2. The number of aromatic nitrogens is 1. The molecule has 0 aliphatic carbocycles. The maximum Gasteiger partial charge on any atom is 0.239 e. The highest BCUT2D eigenvalue weighted by Crippen LogP contribution is 2.31. The van der Waals surface area contributed by atoms with Gasteiger partial charge in [0.05, 0.1) is 0 Å². The summed E-state index contributed by atoms with van der Waals surface area (Å²) in [4.78, 5) is 3.79. The minimum Gasteiger partial charge on any atom is -0.434 e. The molecule has 0 saturated heterocycles. The number of ether oxygens (including phenoxy) is 1. The van der Waals surface area contributed by atoms with Gasteiger partial charge in [-0.15, -0.1) is 0 Å². The highest BCUT2D eigenvalue weighted by Gasteiger charge is 2.15. The van der Waals surface area contributed by atoms with Crippen molar-refractivity contribution in [2.45, 2.75) is 0 Å². The minimum absolute atomic E-state index is 0.0429. The molecule has 0 bridgehead atoms. The lowest BCUT2D eigenvalue weighted by Crippen LogP contribution is -2.12. The molecule has 4 nitrogen and oxygen atoms in total. The van der Waals surface area contributed by atoms with Gasteiger partial charge in [-0.2, -0.15) is 4.39 Å². The summed E-state index contributed by atoms with van der Waals surface area (Å²) < 4.78 is 31.6. The Morgan fingerprint density at radius 1 is 1.32 bits per heavy atom. The van der Waals surface area contributed by atoms with E-state index in [1.54, 1.807) is 0 Å². The Labute approximate surface area is 112 Å². The van der Waals surface area contributed by atoms with E-state index in [9.17, 15) is 8.78 Å². The first-order chi connectivity index (χ1) is 9.00. The number of nitrogens with zero attached hydrogens (tertiary/aromatic N) is 1. The van der Waals surface area contributed by atoms with Gasteiger partial charge in [0.1, 0.15) is 10.9 Å². The molecule has 0 fully saturated rings. The molecule has 2 aromatic rings. The minimum atomic E-state index is -1.14. The van der Waals surface area contributed by atoms with Crippen molar-refractivity contribution < 1.29 is 13.5 Å². The van der Waals surface area contributed by atoms with Crippen LogP contribution >= 0.6 is 11.6 Å². The van der Waals surface area contributed by atoms with Crippen LogP contribution < -0.4 is 10.5 Å². The molecule has 0 saturated carbocycles. The summed E-state index contributed by atoms with van der Waals surface area (Å²) >= 11 is 5.92. The topological polar surface area (TPSA) is 72.0 Å². The van der Waals surface area contributed by atoms with E-state index in [0.29, 0.717) is 0 Å². The number of pyridine rings is 1. The Morgan fingerprint density at radius 3 is 2.74 bits per heavy atom. The van der Waals surface area contributed by atoms with Gasteiger partial charge in [0.25, 0.3) is 0 Å². The molecular weight excluding hydrogens is 276 g/mol. The van der Waals surface area contributed by atoms with Crippen molar-refractivity contribution >= 4 is 17.4 Å². The van der Waals surface area contributed by atoms with Gasteiger partial charge in [0, 0.05) is 11.8 Å². The summed E-state index contributed by atoms with van der Waals surface area (Å²) in [6.07, 6.45) is 1.30. The highest BCUT2D eigenvalue weighted by atomic mass is 35.5. The maximum atomic E-state index is 13.4. The van der Waals surface area contributed by atoms with Crippen molar-refractivity contribution in [3.05, 3.63) is 52.7 Å². The van der Waals surface area contributed by atoms with E-state index >= 15 is 0 Å². The van der Waals surface area contributed by atoms with Crippen LogP contribution in [0.25, 0.3) is 0 Å². The van der Waals surface area contributed by atoms with Gasteiger partial charge >= 0.3 is 0 Å². The fourth-order valence-corrected chi connectivity index (χ4v) is 1.62. The van der Waals surface area contributed by atoms with E-state index in [-0.39, 0.29) is 28.1 Å². The van der Waals surface area contributed by atoms with E-state index in [1.807, 2.05) is 0 Å². The lowest BCUT2D eigenvalue weighted by atomic mass is 10.2. The summed E-state index contributed by atoms with van der Waals surface area (Å²) in [5.74, 6) is -2.98. The number of amidine groups is 1. The Hall–Kier alpha value is -2.21. The van der Waals surface area contributed by atoms with E-state index in [4.69, 9.17) is 27.5 Å². The molecule has 3 N–H and O–H groups in total. The molecule has 0 amide bonds. The van der Waals surface area contributed by atoms with E-state index < -0.39 is 11.6 Å². The number of halogens is 3. The zero-order chi connectivity index (χ0) is 14.0. The zero-order valence-corrected chi connectivity index (χ0v) is 10.2. The second-order valence-electron chi connectivity index (χ2n) is 3.55. The van der Waals surface area contributed by atoms with Crippen LogP contribution in [0.4, 0.5) is 8.78 Å². The van der Waals surface area contributed by atoms with Crippen LogP contribution in [0.5, 0.6) is 11.6 Å². The quantitative estimate of drug-likeness (QED) is 0.671. The first-order valence-electron chi connectivity index (χ1n) is 5.11. The van der Waals surface area contributed by atoms with Gasteiger partial charge in [-0.25, -0.2) is 9.37 Å². The van der Waals surface area contributed by atoms with Gasteiger partial charge in [0.15, 0.2) is 11.6 Å². The molecule has 1 heterocycles. The van der Waals surface area contributed by atoms with Crippen LogP contribution in [0.2, 0.25) is 5.02 Å². The predicted octanol–water partition coefficient (Wildman–Crippen LogP) is 3.09. The maximum absolute atomic E-state index is 13.4. The largest absolute Gasteiger partial charge is 0.434 e. The van der Waals surface area contributed by atoms with Crippen LogP contribution in [-0.2, 0) is 0 Å². The monoisotopic (exact) mass is 283 g/mol. The van der Waals surface area contributed by atoms with Gasteiger partial charge in [-0.1, -0.05) is 17.7 Å². The normalized spacial score (nSPS) is 10.3. The van der Waals surface area contributed by atoms with Crippen LogP contribution in [0.15, 0.2) is 30.5 Å². The molecule has 0 aliphatic heterocycles. The molecule has 1 aromatic heterocycles. The summed E-state index contributed by atoms with van der Waals surface area (Å²) in [6, 6.07) is 4.90. The Morgan fingerprint density at radius 2 is 2.05 bits per heavy atom. The molecule has 0 radical (unpaired) electrons. The fraction of sp³-hybridized carbons (Fsp3) is 0. The van der Waals surface area contributed by atoms with Gasteiger partial charge in [0.2, 0.25) is 11.7 Å². The zero-order valence-electron chi connectivity index (χ0n) is 9.45. The average molecular weight is 284 g/mol. The summed E-state index contributed by atoms with van der Waals surface area (Å²) in [5.41, 5.74) is 5.51. The van der Waals surface area contributed by atoms with Crippen molar-refractivity contribution in [1.29, 1.82) is 5.41 Å². The van der Waals surface area contributed by atoms with Gasteiger partial charge in [-0.3, -0.25) is 5.41 Å². The van der Waals surface area contributed by atoms with Crippen molar-refractivity contribution in [2.24, 2.45) is 5.73 Å². The molecule has 98 valence electrons. The predicted molar refractivity (Wildman–Crippen MR) is 66.7 cm³/mol. The van der Waals surface area contributed by atoms with Crippen molar-refractivity contribution in [2.75, 3.05) is 0 Å². The van der Waals surface area contributed by atoms with Gasteiger partial charge in [-0.05, 0) is 18.2 Å². The third-order valence-electron chi connectivity index (χ3n) is 2.27. The van der Waals surface area contributed by atoms with Crippen LogP contribution in [0.1, 0.15) is 5.56 Å². The van der Waals surface area contributed by atoms with E-state index in [0.717, 1.165) is 6.07 Å². The molecule has 0 atom stereocenters. The van der Waals surface area contributed by atoms with Crippen molar-refractivity contribution in [3.63, 3.8) is 0 Å². The molecule has 19 heavy (non-hydrogen) atoms. The smallest absolute Gasteiger partial charge is 0.239 e. The molecular formula is C12H8ClF2N3O. The van der Waals surface area contributed by atoms with Crippen LogP contribution in [0, 0.1) is 17.0 Å². The SMILES string of the molecule is N=C(N)c1ccnc(Oc2cccc(F)c2F)c1Cl. The summed E-state index contributed by atoms with van der Waals surface area (Å²) in [7, 11) is 0. The van der Waals surface area contributed by atoms with Crippen molar-refractivity contribution in [1.82, 2.24) is 4.98 Å². The van der Waals surface area contributed by atoms with Gasteiger partial charge < -0.3 is 10.5 Å². The number of nitrogens with two attached hydrogens (primary N) is 1. The van der Waals surface area contributed by atoms with Crippen LogP contribution in [-0.4, -0.2) is 10.8 Å². The third-order valence-corrected chi connectivity index (χ3v) is 2.64. The number of nitrogens with one attached hydrogen (secondary N) is 1. The molecule has 0 aliphatic rings. The molecule has 2 rings (SSSR count). The molecule has 0 spiro atoms. The number of benzene rings is 1. The lowest BCUT2D eigenvalue weighted by Gasteiger charge is -2.09. The number of rotatable bonds is 3. The van der Waals surface area contributed by atoms with Crippen LogP contribution in [0.3, 0.4) is 0 Å². The number of hydrogen-bond acceptors (Lipinski definition) is 3. The second kappa shape index (κ2) is 5.19. The Bertz CT molecular complexity index is 649. The van der Waals surface area contributed by atoms with E-state index in [2.05, 4.69) is 4.98 Å². The van der Waals surface area contributed by atoms with E-state index in [1.165, 1.54) is 24.4 Å². The fourth-order valence-electron chi connectivity index (χ4n) is 1.37.